The van der Waals surface area contributed by atoms with Gasteiger partial charge in [0.25, 0.3) is 5.56 Å². The molecule has 0 radical (unpaired) electrons. The summed E-state index contributed by atoms with van der Waals surface area (Å²) in [6, 6.07) is 2.94. The Morgan fingerprint density at radius 1 is 0.814 bits per heavy atom. The fraction of sp³-hybridized carbons (Fsp3) is 0.750. The van der Waals surface area contributed by atoms with Crippen LogP contribution in [-0.2, 0) is 9.47 Å². The van der Waals surface area contributed by atoms with Crippen molar-refractivity contribution < 1.29 is 28.9 Å². The molecule has 0 atom stereocenters. The number of aliphatic hydroxyl groups is 1. The molecule has 0 bridgehead atoms. The number of nitrogens with zero attached hydrogens (tertiary/aromatic N) is 3. The summed E-state index contributed by atoms with van der Waals surface area (Å²) in [4.78, 5) is 33.8. The molecule has 244 valence electrons. The second-order valence-corrected chi connectivity index (χ2v) is 15.7. The van der Waals surface area contributed by atoms with Crippen LogP contribution in [0.5, 0.6) is 5.88 Å². The molecule has 0 saturated heterocycles. The monoisotopic (exact) mass is 606 g/mol. The maximum absolute atomic E-state index is 11.9. The van der Waals surface area contributed by atoms with Crippen LogP contribution in [-0.4, -0.2) is 61.3 Å². The van der Waals surface area contributed by atoms with E-state index in [1.165, 1.54) is 16.9 Å². The van der Waals surface area contributed by atoms with Crippen molar-refractivity contribution in [3.8, 4) is 5.88 Å². The van der Waals surface area contributed by atoms with Crippen LogP contribution in [0.2, 0.25) is 0 Å². The van der Waals surface area contributed by atoms with Gasteiger partial charge in [-0.2, -0.15) is 9.36 Å². The second kappa shape index (κ2) is 12.1. The van der Waals surface area contributed by atoms with Gasteiger partial charge < -0.3 is 19.3 Å². The molecule has 2 heterocycles. The van der Waals surface area contributed by atoms with E-state index in [9.17, 15) is 14.4 Å². The molecule has 0 unspecified atom stereocenters. The highest BCUT2D eigenvalue weighted by Gasteiger charge is 2.65. The molecule has 2 aromatic heterocycles. The van der Waals surface area contributed by atoms with E-state index in [2.05, 4.69) is 65.6 Å². The highest BCUT2D eigenvalue weighted by atomic mass is 16.6. The molecule has 2 N–H and O–H groups in total. The predicted molar refractivity (Wildman–Crippen MR) is 165 cm³/mol. The van der Waals surface area contributed by atoms with E-state index in [4.69, 9.17) is 19.3 Å². The van der Waals surface area contributed by atoms with Crippen LogP contribution >= 0.6 is 0 Å². The van der Waals surface area contributed by atoms with Crippen LogP contribution in [0.3, 0.4) is 0 Å². The van der Waals surface area contributed by atoms with Crippen LogP contribution in [0.15, 0.2) is 29.3 Å². The Morgan fingerprint density at radius 3 is 1.63 bits per heavy atom. The Morgan fingerprint density at radius 2 is 1.28 bits per heavy atom. The van der Waals surface area contributed by atoms with Crippen LogP contribution in [0, 0.1) is 33.5 Å². The number of aromatic nitrogens is 4. The van der Waals surface area contributed by atoms with Crippen LogP contribution < -0.4 is 10.3 Å². The standard InChI is InChI=1S/C16H26N2O3.C8H12N2O3.C8H16O/c1-14(2,3)21-13(19)18-9-8-12(17-18)20-10-11-15(4,5)16(11,6)7;1-8(2,3)13-7(12)10-5-4-6(11)9-10;1-7(2)6(5-9)8(7,3)4/h8-9,11H,10H2,1-7H3;4-5H,1-3H3,(H,9,11);6,9H,5H2,1-4H3. The molecule has 2 saturated carbocycles. The molecule has 43 heavy (non-hydrogen) atoms. The van der Waals surface area contributed by atoms with Crippen molar-refractivity contribution in [1.82, 2.24) is 19.6 Å². The third kappa shape index (κ3) is 8.74. The van der Waals surface area contributed by atoms with Gasteiger partial charge in [-0.25, -0.2) is 9.59 Å². The van der Waals surface area contributed by atoms with Crippen molar-refractivity contribution in [3.63, 3.8) is 0 Å². The molecule has 0 amide bonds. The summed E-state index contributed by atoms with van der Waals surface area (Å²) in [5.74, 6) is 1.47. The average molecular weight is 607 g/mol. The fourth-order valence-corrected chi connectivity index (χ4v) is 5.26. The van der Waals surface area contributed by atoms with Crippen molar-refractivity contribution in [3.05, 3.63) is 34.9 Å². The van der Waals surface area contributed by atoms with Crippen molar-refractivity contribution in [1.29, 1.82) is 0 Å². The van der Waals surface area contributed by atoms with Gasteiger partial charge in [-0.05, 0) is 69.1 Å². The summed E-state index contributed by atoms with van der Waals surface area (Å²) < 4.78 is 18.1. The number of nitrogens with one attached hydrogen (secondary N) is 1. The molecule has 2 aliphatic rings. The minimum absolute atomic E-state index is 0.279. The molecule has 2 fully saturated rings. The molecule has 0 aliphatic heterocycles. The highest BCUT2D eigenvalue weighted by Crippen LogP contribution is 2.68. The average Bonchev–Trinajstić information content (AvgIpc) is 3.27. The molecule has 4 rings (SSSR count). The van der Waals surface area contributed by atoms with Crippen molar-refractivity contribution >= 4 is 12.2 Å². The summed E-state index contributed by atoms with van der Waals surface area (Å²) in [7, 11) is 0. The smallest absolute Gasteiger partial charge is 0.435 e. The Labute approximate surface area is 256 Å². The van der Waals surface area contributed by atoms with E-state index >= 15 is 0 Å². The number of aliphatic hydroxyl groups excluding tert-OH is 1. The van der Waals surface area contributed by atoms with E-state index in [1.54, 1.807) is 33.0 Å². The van der Waals surface area contributed by atoms with Crippen LogP contribution in [0.1, 0.15) is 96.9 Å². The maximum Gasteiger partial charge on any atom is 0.435 e. The summed E-state index contributed by atoms with van der Waals surface area (Å²) in [5, 5.41) is 15.3. The summed E-state index contributed by atoms with van der Waals surface area (Å²) in [6.45, 7) is 29.6. The van der Waals surface area contributed by atoms with Crippen molar-refractivity contribution in [2.75, 3.05) is 13.2 Å². The summed E-state index contributed by atoms with van der Waals surface area (Å²) in [5.41, 5.74) is -0.138. The summed E-state index contributed by atoms with van der Waals surface area (Å²) in [6.07, 6.45) is 1.81. The predicted octanol–water partition coefficient (Wildman–Crippen LogP) is 6.35. The zero-order valence-corrected chi connectivity index (χ0v) is 28.6. The first kappa shape index (κ1) is 36.1. The summed E-state index contributed by atoms with van der Waals surface area (Å²) >= 11 is 0. The molecule has 2 aliphatic carbocycles. The first-order valence-corrected chi connectivity index (χ1v) is 14.8. The minimum atomic E-state index is -0.588. The quantitative estimate of drug-likeness (QED) is 0.411. The molecular weight excluding hydrogens is 552 g/mol. The normalized spacial score (nSPS) is 19.6. The van der Waals surface area contributed by atoms with E-state index in [-0.39, 0.29) is 16.4 Å². The molecule has 0 spiro atoms. The zero-order valence-electron chi connectivity index (χ0n) is 28.6. The second-order valence-electron chi connectivity index (χ2n) is 15.7. The third-order valence-corrected chi connectivity index (χ3v) is 9.56. The number of hydrogen-bond donors (Lipinski definition) is 2. The van der Waals surface area contributed by atoms with Gasteiger partial charge in [0.15, 0.2) is 0 Å². The molecular formula is C32H54N4O7. The lowest BCUT2D eigenvalue weighted by molar-refractivity contribution is 0.0502. The Kier molecular flexibility index (Phi) is 10.2. The zero-order chi connectivity index (χ0) is 33.4. The topological polar surface area (TPSA) is 138 Å². The lowest BCUT2D eigenvalue weighted by Crippen LogP contribution is -2.28. The van der Waals surface area contributed by atoms with Gasteiger partial charge in [0.05, 0.1) is 6.61 Å². The van der Waals surface area contributed by atoms with E-state index < -0.39 is 23.4 Å². The SMILES string of the molecule is CC(C)(C)OC(=O)n1ccc(=O)[nH]1.CC(C)(C)OC(=O)n1ccc(OCC2C(C)(C)C2(C)C)n1.CC1(C)C(CO)C1(C)C. The lowest BCUT2D eigenvalue weighted by atomic mass is 10.0. The number of rotatable bonds is 4. The number of carbonyl (C=O) groups excluding carboxylic acids is 2. The van der Waals surface area contributed by atoms with Gasteiger partial charge in [-0.15, -0.1) is 5.10 Å². The number of ether oxygens (including phenoxy) is 3. The lowest BCUT2D eigenvalue weighted by Gasteiger charge is -2.18. The molecule has 11 nitrogen and oxygen atoms in total. The van der Waals surface area contributed by atoms with Crippen molar-refractivity contribution in [2.24, 2.45) is 33.5 Å². The Bertz CT molecular complexity index is 1290. The first-order chi connectivity index (χ1) is 19.3. The molecule has 11 heteroatoms. The van der Waals surface area contributed by atoms with Crippen LogP contribution in [0.4, 0.5) is 9.59 Å². The molecule has 0 aromatic carbocycles. The van der Waals surface area contributed by atoms with Gasteiger partial charge >= 0.3 is 12.2 Å². The van der Waals surface area contributed by atoms with E-state index in [1.807, 2.05) is 20.8 Å². The highest BCUT2D eigenvalue weighted by molar-refractivity contribution is 5.70. The first-order valence-electron chi connectivity index (χ1n) is 14.8. The molecule has 2 aromatic rings. The van der Waals surface area contributed by atoms with E-state index in [0.29, 0.717) is 41.8 Å². The van der Waals surface area contributed by atoms with Gasteiger partial charge in [-0.1, -0.05) is 55.4 Å². The minimum Gasteiger partial charge on any atom is -0.476 e. The van der Waals surface area contributed by atoms with Gasteiger partial charge in [0.1, 0.15) is 11.2 Å². The van der Waals surface area contributed by atoms with Gasteiger partial charge in [0.2, 0.25) is 5.88 Å². The van der Waals surface area contributed by atoms with E-state index in [0.717, 1.165) is 4.68 Å². The maximum atomic E-state index is 11.9. The van der Waals surface area contributed by atoms with Crippen molar-refractivity contribution in [2.45, 2.75) is 108 Å². The fourth-order valence-electron chi connectivity index (χ4n) is 5.26. The number of aromatic amines is 1. The van der Waals surface area contributed by atoms with Gasteiger partial charge in [0, 0.05) is 37.1 Å². The number of carbonyl (C=O) groups is 2. The largest absolute Gasteiger partial charge is 0.476 e. The number of hydrogen-bond acceptors (Lipinski definition) is 8. The van der Waals surface area contributed by atoms with Crippen LogP contribution in [0.25, 0.3) is 0 Å². The third-order valence-electron chi connectivity index (χ3n) is 9.56. The van der Waals surface area contributed by atoms with Gasteiger partial charge in [-0.3, -0.25) is 9.89 Å². The Balaban J connectivity index is 0.000000249. The number of H-pyrrole nitrogens is 1. The Hall–Kier alpha value is -3.08.